The van der Waals surface area contributed by atoms with Crippen LogP contribution in [0.4, 0.5) is 5.69 Å². The molecule has 0 aliphatic heterocycles. The number of ether oxygens (including phenoxy) is 1. The van der Waals surface area contributed by atoms with Crippen molar-refractivity contribution in [1.82, 2.24) is 4.98 Å². The number of nitrogens with zero attached hydrogens (tertiary/aromatic N) is 4. The molecule has 8 heteroatoms. The van der Waals surface area contributed by atoms with Crippen LogP contribution < -0.4 is 4.74 Å². The maximum atomic E-state index is 8.54. The monoisotopic (exact) mass is 302 g/mol. The first-order chi connectivity index (χ1) is 8.60. The molecule has 2 rings (SSSR count). The quantitative estimate of drug-likeness (QED) is 0.333. The lowest BCUT2D eigenvalue weighted by Crippen LogP contribution is -1.89. The van der Waals surface area contributed by atoms with Crippen molar-refractivity contribution >= 4 is 51.4 Å². The molecule has 0 saturated heterocycles. The van der Waals surface area contributed by atoms with E-state index in [1.54, 1.807) is 12.1 Å². The van der Waals surface area contributed by atoms with Gasteiger partial charge in [-0.05, 0) is 17.7 Å². The first-order valence-corrected chi connectivity index (χ1v) is 5.79. The van der Waals surface area contributed by atoms with E-state index in [4.69, 9.17) is 45.1 Å². The molecule has 5 nitrogen and oxygen atoms in total. The molecule has 1 aromatic heterocycles. The Morgan fingerprint density at radius 1 is 1.28 bits per heavy atom. The van der Waals surface area contributed by atoms with Gasteiger partial charge in [-0.3, -0.25) is 0 Å². The number of fused-ring (bicyclic) bond motifs is 1. The molecule has 2 aromatic rings. The molecular weight excluding hydrogens is 298 g/mol. The van der Waals surface area contributed by atoms with Crippen molar-refractivity contribution < 1.29 is 4.74 Å². The van der Waals surface area contributed by atoms with E-state index in [0.29, 0.717) is 16.7 Å². The summed E-state index contributed by atoms with van der Waals surface area (Å²) in [5.41, 5.74) is 9.10. The Morgan fingerprint density at radius 2 is 2.00 bits per heavy atom. The molecule has 0 unspecified atom stereocenters. The number of rotatable bonds is 2. The molecule has 0 saturated carbocycles. The zero-order chi connectivity index (χ0) is 13.3. The molecule has 0 fully saturated rings. The highest BCUT2D eigenvalue weighted by Crippen LogP contribution is 2.42. The topological polar surface area (TPSA) is 70.9 Å². The molecule has 0 bridgehead atoms. The van der Waals surface area contributed by atoms with Gasteiger partial charge >= 0.3 is 0 Å². The third kappa shape index (κ3) is 2.02. The molecule has 0 aliphatic carbocycles. The van der Waals surface area contributed by atoms with E-state index in [0.717, 1.165) is 0 Å². The second-order valence-corrected chi connectivity index (χ2v) is 4.35. The fourth-order valence-corrected chi connectivity index (χ4v) is 2.15. The normalized spacial score (nSPS) is 10.2. The Morgan fingerprint density at radius 3 is 2.61 bits per heavy atom. The van der Waals surface area contributed by atoms with E-state index in [1.807, 2.05) is 0 Å². The predicted octanol–water partition coefficient (Wildman–Crippen LogP) is 5.15. The maximum Gasteiger partial charge on any atom is 0.148 e. The SMILES string of the molecule is COc1ccc2c(N=[N+]=[N-])c(Cl)c(Cl)nc2c1Cl. The summed E-state index contributed by atoms with van der Waals surface area (Å²) < 4.78 is 5.07. The van der Waals surface area contributed by atoms with Gasteiger partial charge in [-0.1, -0.05) is 39.9 Å². The molecule has 1 aromatic carbocycles. The van der Waals surface area contributed by atoms with E-state index in [1.165, 1.54) is 7.11 Å². The van der Waals surface area contributed by atoms with E-state index in [2.05, 4.69) is 15.0 Å². The highest BCUT2D eigenvalue weighted by Gasteiger charge is 2.15. The lowest BCUT2D eigenvalue weighted by Gasteiger charge is -2.09. The zero-order valence-corrected chi connectivity index (χ0v) is 11.3. The Hall–Kier alpha value is -1.39. The van der Waals surface area contributed by atoms with Crippen LogP contribution in [-0.4, -0.2) is 12.1 Å². The van der Waals surface area contributed by atoms with Crippen molar-refractivity contribution in [3.63, 3.8) is 0 Å². The number of methoxy groups -OCH3 is 1. The standard InChI is InChI=1S/C10H5Cl3N4O/c1-18-5-3-2-4-8(6(5)11)15-10(13)7(12)9(4)16-17-14/h2-3H,1H3. The average molecular weight is 304 g/mol. The molecule has 0 aliphatic rings. The number of azide groups is 1. The lowest BCUT2D eigenvalue weighted by atomic mass is 10.2. The van der Waals surface area contributed by atoms with Crippen LogP contribution >= 0.6 is 34.8 Å². The van der Waals surface area contributed by atoms with Crippen LogP contribution in [-0.2, 0) is 0 Å². The van der Waals surface area contributed by atoms with Crippen molar-refractivity contribution in [3.05, 3.63) is 37.8 Å². The molecule has 1 heterocycles. The highest BCUT2D eigenvalue weighted by atomic mass is 35.5. The van der Waals surface area contributed by atoms with Crippen molar-refractivity contribution in [3.8, 4) is 5.75 Å². The molecule has 18 heavy (non-hydrogen) atoms. The number of hydrogen-bond donors (Lipinski definition) is 0. The number of benzene rings is 1. The smallest absolute Gasteiger partial charge is 0.148 e. The van der Waals surface area contributed by atoms with E-state index < -0.39 is 0 Å². The minimum absolute atomic E-state index is 0.0155. The predicted molar refractivity (Wildman–Crippen MR) is 72.1 cm³/mol. The minimum Gasteiger partial charge on any atom is -0.495 e. The summed E-state index contributed by atoms with van der Waals surface area (Å²) >= 11 is 17.9. The van der Waals surface area contributed by atoms with Crippen molar-refractivity contribution in [2.24, 2.45) is 5.11 Å². The second kappa shape index (κ2) is 5.08. The number of hydrogen-bond acceptors (Lipinski definition) is 3. The van der Waals surface area contributed by atoms with Crippen molar-refractivity contribution in [1.29, 1.82) is 0 Å². The number of aromatic nitrogens is 1. The van der Waals surface area contributed by atoms with Crippen LogP contribution in [0.2, 0.25) is 15.2 Å². The van der Waals surface area contributed by atoms with Gasteiger partial charge < -0.3 is 4.74 Å². The van der Waals surface area contributed by atoms with Crippen molar-refractivity contribution in [2.45, 2.75) is 0 Å². The molecule has 0 radical (unpaired) electrons. The minimum atomic E-state index is 0.0155. The van der Waals surface area contributed by atoms with Gasteiger partial charge in [0.05, 0.1) is 23.3 Å². The van der Waals surface area contributed by atoms with Gasteiger partial charge in [0.2, 0.25) is 0 Å². The maximum absolute atomic E-state index is 8.54. The molecule has 0 spiro atoms. The van der Waals surface area contributed by atoms with Crippen molar-refractivity contribution in [2.75, 3.05) is 7.11 Å². The van der Waals surface area contributed by atoms with E-state index in [9.17, 15) is 0 Å². The lowest BCUT2D eigenvalue weighted by molar-refractivity contribution is 0.415. The van der Waals surface area contributed by atoms with Crippen LogP contribution in [0.25, 0.3) is 21.3 Å². The van der Waals surface area contributed by atoms with Gasteiger partial charge in [0.25, 0.3) is 0 Å². The zero-order valence-electron chi connectivity index (χ0n) is 8.99. The summed E-state index contributed by atoms with van der Waals surface area (Å²) in [6.45, 7) is 0. The fourth-order valence-electron chi connectivity index (χ4n) is 1.51. The van der Waals surface area contributed by atoms with Crippen LogP contribution in [0.5, 0.6) is 5.75 Å². The molecule has 0 N–H and O–H groups in total. The Balaban J connectivity index is 2.95. The van der Waals surface area contributed by atoms with Gasteiger partial charge in [-0.15, -0.1) is 0 Å². The van der Waals surface area contributed by atoms with Gasteiger partial charge in [-0.2, -0.15) is 0 Å². The highest BCUT2D eigenvalue weighted by molar-refractivity contribution is 6.45. The largest absolute Gasteiger partial charge is 0.495 e. The molecule has 92 valence electrons. The molecular formula is C10H5Cl3N4O. The Bertz CT molecular complexity index is 683. The fraction of sp³-hybridized carbons (Fsp3) is 0.100. The van der Waals surface area contributed by atoms with E-state index in [-0.39, 0.29) is 20.9 Å². The van der Waals surface area contributed by atoms with Gasteiger partial charge in [0.1, 0.15) is 15.9 Å². The summed E-state index contributed by atoms with van der Waals surface area (Å²) in [4.78, 5) is 6.77. The molecule has 0 atom stereocenters. The summed E-state index contributed by atoms with van der Waals surface area (Å²) in [7, 11) is 1.49. The number of pyridine rings is 1. The summed E-state index contributed by atoms with van der Waals surface area (Å²) in [5, 5.41) is 4.41. The second-order valence-electron chi connectivity index (χ2n) is 3.23. The van der Waals surface area contributed by atoms with Gasteiger partial charge in [-0.25, -0.2) is 4.98 Å². The van der Waals surface area contributed by atoms with Crippen LogP contribution in [0.3, 0.4) is 0 Å². The van der Waals surface area contributed by atoms with E-state index >= 15 is 0 Å². The third-order valence-electron chi connectivity index (χ3n) is 2.30. The first kappa shape index (κ1) is 13.1. The Kier molecular flexibility index (Phi) is 3.68. The van der Waals surface area contributed by atoms with Crippen LogP contribution in [0, 0.1) is 0 Å². The first-order valence-electron chi connectivity index (χ1n) is 4.66. The van der Waals surface area contributed by atoms with Crippen LogP contribution in [0.1, 0.15) is 0 Å². The summed E-state index contributed by atoms with van der Waals surface area (Å²) in [6, 6.07) is 3.28. The van der Waals surface area contributed by atoms with Crippen LogP contribution in [0.15, 0.2) is 17.2 Å². The molecule has 0 amide bonds. The van der Waals surface area contributed by atoms with Gasteiger partial charge in [0, 0.05) is 10.3 Å². The van der Waals surface area contributed by atoms with Gasteiger partial charge in [0.15, 0.2) is 0 Å². The summed E-state index contributed by atoms with van der Waals surface area (Å²) in [6.07, 6.45) is 0. The average Bonchev–Trinajstić information content (AvgIpc) is 2.36. The third-order valence-corrected chi connectivity index (χ3v) is 3.39. The number of halogens is 3. The Labute approximate surface area is 117 Å². The summed E-state index contributed by atoms with van der Waals surface area (Å²) in [5.74, 6) is 0.446.